The quantitative estimate of drug-likeness (QED) is 0.745. The Balaban J connectivity index is 2.07. The van der Waals surface area contributed by atoms with Crippen molar-refractivity contribution in [3.63, 3.8) is 0 Å². The summed E-state index contributed by atoms with van der Waals surface area (Å²) in [5, 5.41) is 11.2. The lowest BCUT2D eigenvalue weighted by Gasteiger charge is -2.13. The molecule has 5 heteroatoms. The molecule has 2 nitrogen and oxygen atoms in total. The van der Waals surface area contributed by atoms with Gasteiger partial charge in [-0.25, -0.2) is 0 Å². The third-order valence-electron chi connectivity index (χ3n) is 3.21. The molecule has 0 saturated heterocycles. The molecule has 0 bridgehead atoms. The first-order valence-corrected chi connectivity index (χ1v) is 6.10. The second-order valence-corrected chi connectivity index (χ2v) is 4.69. The van der Waals surface area contributed by atoms with Crippen LogP contribution in [0.3, 0.4) is 0 Å². The van der Waals surface area contributed by atoms with Crippen LogP contribution in [-0.4, -0.2) is 11.3 Å². The smallest absolute Gasteiger partial charge is 0.391 e. The average molecular weight is 280 g/mol. The Bertz CT molecular complexity index is 758. The van der Waals surface area contributed by atoms with Crippen molar-refractivity contribution in [2.75, 3.05) is 0 Å². The van der Waals surface area contributed by atoms with Crippen molar-refractivity contribution >= 4 is 21.9 Å². The van der Waals surface area contributed by atoms with E-state index in [1.165, 1.54) is 6.07 Å². The zero-order valence-electron chi connectivity index (χ0n) is 10.3. The topological polar surface area (TPSA) is 33.4 Å². The summed E-state index contributed by atoms with van der Waals surface area (Å²) in [4.78, 5) is 0. The molecule has 3 aromatic rings. The number of aliphatic hydroxyl groups is 1. The molecule has 1 unspecified atom stereocenters. The number of para-hydroxylation sites is 1. The molecular formula is C15H11F3O2. The van der Waals surface area contributed by atoms with Gasteiger partial charge in [0.2, 0.25) is 0 Å². The van der Waals surface area contributed by atoms with Crippen LogP contribution in [0.2, 0.25) is 0 Å². The monoisotopic (exact) mass is 280 g/mol. The van der Waals surface area contributed by atoms with Gasteiger partial charge in [0.1, 0.15) is 11.2 Å². The summed E-state index contributed by atoms with van der Waals surface area (Å²) in [5.41, 5.74) is 1.50. The molecule has 0 amide bonds. The predicted octanol–water partition coefficient (Wildman–Crippen LogP) is 4.57. The number of halogens is 3. The summed E-state index contributed by atoms with van der Waals surface area (Å²) in [6.45, 7) is 0. The molecule has 1 N–H and O–H groups in total. The number of aliphatic hydroxyl groups excluding tert-OH is 1. The standard InChI is InChI=1S/C15H11F3O2/c16-15(17,18)8-12(19)9-5-6-14-11(7-9)10-3-1-2-4-13(10)20-14/h1-7,12,19H,8H2. The van der Waals surface area contributed by atoms with E-state index in [9.17, 15) is 18.3 Å². The van der Waals surface area contributed by atoms with Gasteiger partial charge in [0.25, 0.3) is 0 Å². The molecule has 0 aliphatic heterocycles. The van der Waals surface area contributed by atoms with Crippen LogP contribution in [0.5, 0.6) is 0 Å². The van der Waals surface area contributed by atoms with Crippen LogP contribution in [0.25, 0.3) is 21.9 Å². The van der Waals surface area contributed by atoms with Crippen LogP contribution in [0.15, 0.2) is 46.9 Å². The summed E-state index contributed by atoms with van der Waals surface area (Å²) in [5.74, 6) is 0. The van der Waals surface area contributed by atoms with E-state index in [2.05, 4.69) is 0 Å². The van der Waals surface area contributed by atoms with Crippen molar-refractivity contribution in [3.05, 3.63) is 48.0 Å². The number of benzene rings is 2. The summed E-state index contributed by atoms with van der Waals surface area (Å²) < 4.78 is 42.5. The zero-order valence-corrected chi connectivity index (χ0v) is 10.3. The van der Waals surface area contributed by atoms with Gasteiger partial charge in [0.15, 0.2) is 0 Å². The molecule has 0 spiro atoms. The number of hydrogen-bond donors (Lipinski definition) is 1. The first-order chi connectivity index (χ1) is 9.44. The van der Waals surface area contributed by atoms with Crippen LogP contribution >= 0.6 is 0 Å². The molecule has 2 aromatic carbocycles. The van der Waals surface area contributed by atoms with Gasteiger partial charge >= 0.3 is 6.18 Å². The van der Waals surface area contributed by atoms with Crippen LogP contribution in [0.4, 0.5) is 13.2 Å². The molecular weight excluding hydrogens is 269 g/mol. The lowest BCUT2D eigenvalue weighted by molar-refractivity contribution is -0.154. The zero-order chi connectivity index (χ0) is 14.3. The number of alkyl halides is 3. The minimum Gasteiger partial charge on any atom is -0.456 e. The lowest BCUT2D eigenvalue weighted by Crippen LogP contribution is -2.13. The number of hydrogen-bond acceptors (Lipinski definition) is 2. The fraction of sp³-hybridized carbons (Fsp3) is 0.200. The fourth-order valence-electron chi connectivity index (χ4n) is 2.29. The molecule has 0 fully saturated rings. The molecule has 1 aromatic heterocycles. The Morgan fingerprint density at radius 2 is 1.70 bits per heavy atom. The Kier molecular flexibility index (Phi) is 2.94. The molecule has 0 saturated carbocycles. The Labute approximate surface area is 112 Å². The van der Waals surface area contributed by atoms with Crippen molar-refractivity contribution in [2.45, 2.75) is 18.7 Å². The minimum atomic E-state index is -4.40. The van der Waals surface area contributed by atoms with E-state index in [-0.39, 0.29) is 5.56 Å². The van der Waals surface area contributed by atoms with Gasteiger partial charge in [0.05, 0.1) is 12.5 Å². The average Bonchev–Trinajstić information content (AvgIpc) is 2.74. The van der Waals surface area contributed by atoms with Gasteiger partial charge in [-0.15, -0.1) is 0 Å². The Morgan fingerprint density at radius 1 is 1.00 bits per heavy atom. The highest BCUT2D eigenvalue weighted by Crippen LogP contribution is 2.34. The van der Waals surface area contributed by atoms with Crippen LogP contribution in [0, 0.1) is 0 Å². The Hall–Kier alpha value is -2.01. The molecule has 20 heavy (non-hydrogen) atoms. The molecule has 3 rings (SSSR count). The van der Waals surface area contributed by atoms with Crippen molar-refractivity contribution in [1.82, 2.24) is 0 Å². The van der Waals surface area contributed by atoms with E-state index in [1.807, 2.05) is 18.2 Å². The molecule has 104 valence electrons. The summed E-state index contributed by atoms with van der Waals surface area (Å²) in [7, 11) is 0. The molecule has 1 atom stereocenters. The van der Waals surface area contributed by atoms with E-state index >= 15 is 0 Å². The molecule has 0 aliphatic carbocycles. The van der Waals surface area contributed by atoms with Crippen molar-refractivity contribution in [1.29, 1.82) is 0 Å². The summed E-state index contributed by atoms with van der Waals surface area (Å²) >= 11 is 0. The maximum Gasteiger partial charge on any atom is 0.391 e. The molecule has 1 heterocycles. The van der Waals surface area contributed by atoms with E-state index in [4.69, 9.17) is 4.42 Å². The maximum absolute atomic E-state index is 12.3. The number of rotatable bonds is 2. The summed E-state index contributed by atoms with van der Waals surface area (Å²) in [6.07, 6.45) is -7.21. The van der Waals surface area contributed by atoms with E-state index in [1.54, 1.807) is 18.2 Å². The van der Waals surface area contributed by atoms with Gasteiger partial charge in [-0.2, -0.15) is 13.2 Å². The maximum atomic E-state index is 12.3. The lowest BCUT2D eigenvalue weighted by atomic mass is 10.0. The molecule has 0 aliphatic rings. The third kappa shape index (κ3) is 2.36. The first-order valence-electron chi connectivity index (χ1n) is 6.10. The van der Waals surface area contributed by atoms with Crippen LogP contribution in [0.1, 0.15) is 18.1 Å². The molecule has 0 radical (unpaired) electrons. The van der Waals surface area contributed by atoms with Gasteiger partial charge in [-0.1, -0.05) is 24.3 Å². The van der Waals surface area contributed by atoms with Crippen molar-refractivity contribution in [2.24, 2.45) is 0 Å². The van der Waals surface area contributed by atoms with Crippen LogP contribution in [-0.2, 0) is 0 Å². The van der Waals surface area contributed by atoms with Crippen LogP contribution < -0.4 is 0 Å². The third-order valence-corrected chi connectivity index (χ3v) is 3.21. The van der Waals surface area contributed by atoms with Gasteiger partial charge in [-0.05, 0) is 23.8 Å². The highest BCUT2D eigenvalue weighted by atomic mass is 19.4. The van der Waals surface area contributed by atoms with Crippen molar-refractivity contribution < 1.29 is 22.7 Å². The highest BCUT2D eigenvalue weighted by Gasteiger charge is 2.31. The van der Waals surface area contributed by atoms with Gasteiger partial charge in [-0.3, -0.25) is 0 Å². The SMILES string of the molecule is OC(CC(F)(F)F)c1ccc2oc3ccccc3c2c1. The van der Waals surface area contributed by atoms with E-state index < -0.39 is 18.7 Å². The number of furan rings is 1. The minimum absolute atomic E-state index is 0.237. The van der Waals surface area contributed by atoms with E-state index in [0.717, 1.165) is 5.39 Å². The van der Waals surface area contributed by atoms with Crippen molar-refractivity contribution in [3.8, 4) is 0 Å². The summed E-state index contributed by atoms with van der Waals surface area (Å²) in [6, 6.07) is 11.9. The fourth-order valence-corrected chi connectivity index (χ4v) is 2.29. The predicted molar refractivity (Wildman–Crippen MR) is 69.4 cm³/mol. The first kappa shape index (κ1) is 13.0. The number of fused-ring (bicyclic) bond motifs is 3. The van der Waals surface area contributed by atoms with Gasteiger partial charge < -0.3 is 9.52 Å². The normalized spacial score (nSPS) is 14.0. The van der Waals surface area contributed by atoms with Gasteiger partial charge in [0, 0.05) is 10.8 Å². The second-order valence-electron chi connectivity index (χ2n) is 4.69. The largest absolute Gasteiger partial charge is 0.456 e. The second kappa shape index (κ2) is 4.52. The highest BCUT2D eigenvalue weighted by molar-refractivity contribution is 6.04. The van der Waals surface area contributed by atoms with E-state index in [0.29, 0.717) is 16.6 Å². The Morgan fingerprint density at radius 3 is 2.45 bits per heavy atom.